The predicted octanol–water partition coefficient (Wildman–Crippen LogP) is 4.59. The molecule has 1 N–H and O–H groups in total. The lowest BCUT2D eigenvalue weighted by molar-refractivity contribution is 0.0934. The highest BCUT2D eigenvalue weighted by Crippen LogP contribution is 2.22. The summed E-state index contributed by atoms with van der Waals surface area (Å²) in [7, 11) is 0. The standard InChI is InChI=1S/C23H19N3O2/c1-15-10-12-17(13-11-15)23(28)26-19-8-4-3-7-18(19)14-20(26)22(27)25-21-9-5-6-16(2)24-21/h3-14H,1-2H3,(H,24,25,27). The smallest absolute Gasteiger partial charge is 0.273 e. The van der Waals surface area contributed by atoms with Crippen molar-refractivity contribution in [1.82, 2.24) is 9.55 Å². The number of fused-ring (bicyclic) bond motifs is 1. The third-order valence-electron chi connectivity index (χ3n) is 4.57. The van der Waals surface area contributed by atoms with Gasteiger partial charge in [0.25, 0.3) is 11.8 Å². The number of nitrogens with zero attached hydrogens (tertiary/aromatic N) is 2. The summed E-state index contributed by atoms with van der Waals surface area (Å²) in [6.07, 6.45) is 0. The Balaban J connectivity index is 1.80. The van der Waals surface area contributed by atoms with Crippen molar-refractivity contribution in [2.45, 2.75) is 13.8 Å². The highest BCUT2D eigenvalue weighted by atomic mass is 16.2. The van der Waals surface area contributed by atoms with Crippen molar-refractivity contribution < 1.29 is 9.59 Å². The predicted molar refractivity (Wildman–Crippen MR) is 110 cm³/mol. The number of carbonyl (C=O) groups excluding carboxylic acids is 2. The van der Waals surface area contributed by atoms with Crippen molar-refractivity contribution in [1.29, 1.82) is 0 Å². The number of aromatic nitrogens is 2. The highest BCUT2D eigenvalue weighted by Gasteiger charge is 2.21. The molecule has 0 saturated heterocycles. The van der Waals surface area contributed by atoms with Gasteiger partial charge in [-0.3, -0.25) is 14.2 Å². The molecule has 0 saturated carbocycles. The highest BCUT2D eigenvalue weighted by molar-refractivity contribution is 6.12. The minimum Gasteiger partial charge on any atom is -0.305 e. The Bertz CT molecular complexity index is 1190. The summed E-state index contributed by atoms with van der Waals surface area (Å²) in [6.45, 7) is 3.82. The first-order valence-electron chi connectivity index (χ1n) is 9.00. The minimum atomic E-state index is -0.380. The molecule has 2 aromatic carbocycles. The van der Waals surface area contributed by atoms with Crippen molar-refractivity contribution in [3.05, 3.63) is 95.3 Å². The van der Waals surface area contributed by atoms with Gasteiger partial charge in [-0.15, -0.1) is 0 Å². The van der Waals surface area contributed by atoms with Gasteiger partial charge in [0, 0.05) is 16.6 Å². The lowest BCUT2D eigenvalue weighted by Gasteiger charge is -2.10. The Morgan fingerprint density at radius 3 is 2.39 bits per heavy atom. The van der Waals surface area contributed by atoms with Crippen LogP contribution in [0.15, 0.2) is 72.8 Å². The van der Waals surface area contributed by atoms with Crippen LogP contribution in [0.3, 0.4) is 0 Å². The number of hydrogen-bond acceptors (Lipinski definition) is 3. The first-order chi connectivity index (χ1) is 13.5. The van der Waals surface area contributed by atoms with Gasteiger partial charge in [0.15, 0.2) is 0 Å². The second-order valence-corrected chi connectivity index (χ2v) is 6.71. The van der Waals surface area contributed by atoms with Crippen LogP contribution >= 0.6 is 0 Å². The molecule has 0 bridgehead atoms. The van der Waals surface area contributed by atoms with Crippen LogP contribution in [0.4, 0.5) is 5.82 Å². The first-order valence-corrected chi connectivity index (χ1v) is 9.00. The molecule has 4 aromatic rings. The van der Waals surface area contributed by atoms with E-state index in [9.17, 15) is 9.59 Å². The van der Waals surface area contributed by atoms with Gasteiger partial charge in [-0.05, 0) is 50.2 Å². The van der Waals surface area contributed by atoms with Gasteiger partial charge in [0.05, 0.1) is 5.52 Å². The van der Waals surface area contributed by atoms with E-state index in [2.05, 4.69) is 10.3 Å². The zero-order valence-corrected chi connectivity index (χ0v) is 15.6. The van der Waals surface area contributed by atoms with Gasteiger partial charge < -0.3 is 5.32 Å². The van der Waals surface area contributed by atoms with Gasteiger partial charge in [-0.25, -0.2) is 4.98 Å². The van der Waals surface area contributed by atoms with Crippen LogP contribution in [0.1, 0.15) is 32.1 Å². The molecule has 0 fully saturated rings. The Labute approximate surface area is 162 Å². The molecule has 4 rings (SSSR count). The van der Waals surface area contributed by atoms with E-state index in [1.807, 2.05) is 62.4 Å². The summed E-state index contributed by atoms with van der Waals surface area (Å²) in [5, 5.41) is 3.62. The van der Waals surface area contributed by atoms with Crippen LogP contribution < -0.4 is 5.32 Å². The number of rotatable bonds is 3. The Kier molecular flexibility index (Phi) is 4.49. The number of nitrogens with one attached hydrogen (secondary N) is 1. The number of carbonyl (C=O) groups is 2. The number of para-hydroxylation sites is 1. The van der Waals surface area contributed by atoms with E-state index in [1.165, 1.54) is 4.57 Å². The molecule has 0 radical (unpaired) electrons. The molecular formula is C23H19N3O2. The molecule has 5 heteroatoms. The molecule has 0 spiro atoms. The Morgan fingerprint density at radius 1 is 0.893 bits per heavy atom. The maximum atomic E-state index is 13.2. The summed E-state index contributed by atoms with van der Waals surface area (Å²) in [4.78, 5) is 30.5. The number of amides is 1. The van der Waals surface area contributed by atoms with Gasteiger partial charge in [0.2, 0.25) is 0 Å². The fourth-order valence-corrected chi connectivity index (χ4v) is 3.16. The second-order valence-electron chi connectivity index (χ2n) is 6.71. The van der Waals surface area contributed by atoms with Crippen LogP contribution in [0.2, 0.25) is 0 Å². The Morgan fingerprint density at radius 2 is 1.64 bits per heavy atom. The number of pyridine rings is 1. The topological polar surface area (TPSA) is 64.0 Å². The van der Waals surface area contributed by atoms with Gasteiger partial charge in [0.1, 0.15) is 11.5 Å². The molecular weight excluding hydrogens is 350 g/mol. The minimum absolute atomic E-state index is 0.247. The molecule has 0 atom stereocenters. The average Bonchev–Trinajstić information content (AvgIpc) is 3.08. The average molecular weight is 369 g/mol. The summed E-state index contributed by atoms with van der Waals surface area (Å²) >= 11 is 0. The molecule has 0 aliphatic heterocycles. The fraction of sp³-hybridized carbons (Fsp3) is 0.0870. The summed E-state index contributed by atoms with van der Waals surface area (Å²) in [6, 6.07) is 21.9. The van der Waals surface area contributed by atoms with Gasteiger partial charge in [-0.2, -0.15) is 0 Å². The zero-order chi connectivity index (χ0) is 19.7. The van der Waals surface area contributed by atoms with Crippen LogP contribution in [-0.4, -0.2) is 21.4 Å². The van der Waals surface area contributed by atoms with Crippen LogP contribution in [0.5, 0.6) is 0 Å². The van der Waals surface area contributed by atoms with Crippen molar-refractivity contribution in [2.24, 2.45) is 0 Å². The summed E-state index contributed by atoms with van der Waals surface area (Å²) < 4.78 is 1.46. The molecule has 2 heterocycles. The largest absolute Gasteiger partial charge is 0.305 e. The van der Waals surface area contributed by atoms with E-state index in [1.54, 1.807) is 24.3 Å². The van der Waals surface area contributed by atoms with Crippen LogP contribution in [-0.2, 0) is 0 Å². The van der Waals surface area contributed by atoms with Crippen LogP contribution in [0, 0.1) is 13.8 Å². The second kappa shape index (κ2) is 7.12. The molecule has 28 heavy (non-hydrogen) atoms. The summed E-state index contributed by atoms with van der Waals surface area (Å²) in [5.41, 5.74) is 3.35. The van der Waals surface area contributed by atoms with E-state index >= 15 is 0 Å². The quantitative estimate of drug-likeness (QED) is 0.574. The molecule has 0 aliphatic rings. The van der Waals surface area contributed by atoms with Crippen molar-refractivity contribution in [3.8, 4) is 0 Å². The van der Waals surface area contributed by atoms with E-state index in [4.69, 9.17) is 0 Å². The molecule has 5 nitrogen and oxygen atoms in total. The molecule has 1 amide bonds. The van der Waals surface area contributed by atoms with E-state index < -0.39 is 0 Å². The lowest BCUT2D eigenvalue weighted by atomic mass is 10.1. The SMILES string of the molecule is Cc1ccc(C(=O)n2c(C(=O)Nc3cccc(C)n3)cc3ccccc32)cc1. The number of aryl methyl sites for hydroxylation is 2. The third kappa shape index (κ3) is 3.30. The molecule has 0 unspecified atom stereocenters. The van der Waals surface area contributed by atoms with E-state index in [0.717, 1.165) is 16.6 Å². The zero-order valence-electron chi connectivity index (χ0n) is 15.6. The molecule has 2 aromatic heterocycles. The first kappa shape index (κ1) is 17.7. The normalized spacial score (nSPS) is 10.8. The third-order valence-corrected chi connectivity index (χ3v) is 4.57. The van der Waals surface area contributed by atoms with Crippen molar-refractivity contribution >= 4 is 28.5 Å². The molecule has 0 aliphatic carbocycles. The maximum Gasteiger partial charge on any atom is 0.273 e. The monoisotopic (exact) mass is 369 g/mol. The van der Waals surface area contributed by atoms with E-state index in [0.29, 0.717) is 16.9 Å². The van der Waals surface area contributed by atoms with Crippen LogP contribution in [0.25, 0.3) is 10.9 Å². The summed E-state index contributed by atoms with van der Waals surface area (Å²) in [5.74, 6) is -0.178. The lowest BCUT2D eigenvalue weighted by Crippen LogP contribution is -2.22. The number of anilines is 1. The fourth-order valence-electron chi connectivity index (χ4n) is 3.16. The van der Waals surface area contributed by atoms with Crippen molar-refractivity contribution in [2.75, 3.05) is 5.32 Å². The van der Waals surface area contributed by atoms with Crippen molar-refractivity contribution in [3.63, 3.8) is 0 Å². The molecule has 138 valence electrons. The van der Waals surface area contributed by atoms with Gasteiger partial charge >= 0.3 is 0 Å². The Hall–Kier alpha value is -3.73. The van der Waals surface area contributed by atoms with E-state index in [-0.39, 0.29) is 17.5 Å². The maximum absolute atomic E-state index is 13.2. The van der Waals surface area contributed by atoms with Gasteiger partial charge in [-0.1, -0.05) is 42.0 Å². The number of hydrogen-bond donors (Lipinski definition) is 1. The number of benzene rings is 2.